The van der Waals surface area contributed by atoms with Gasteiger partial charge in [0.1, 0.15) is 0 Å². The summed E-state index contributed by atoms with van der Waals surface area (Å²) in [5, 5.41) is 16.3. The van der Waals surface area contributed by atoms with Crippen molar-refractivity contribution >= 4 is 61.6 Å². The van der Waals surface area contributed by atoms with Crippen molar-refractivity contribution in [2.75, 3.05) is 5.32 Å². The van der Waals surface area contributed by atoms with Crippen LogP contribution in [0.1, 0.15) is 20.7 Å². The lowest BCUT2D eigenvalue weighted by atomic mass is 10.0. The first-order valence-electron chi connectivity index (χ1n) is 7.58. The summed E-state index contributed by atoms with van der Waals surface area (Å²) in [4.78, 5) is 23.4. The van der Waals surface area contributed by atoms with Crippen LogP contribution in [-0.4, -0.2) is 22.1 Å². The molecule has 0 spiro atoms. The predicted molar refractivity (Wildman–Crippen MR) is 109 cm³/mol. The predicted octanol–water partition coefficient (Wildman–Crippen LogP) is 4.43. The average molecular weight is 429 g/mol. The van der Waals surface area contributed by atoms with Crippen molar-refractivity contribution < 1.29 is 14.7 Å². The minimum absolute atomic E-state index is 0.130. The van der Waals surface area contributed by atoms with Crippen molar-refractivity contribution in [3.63, 3.8) is 0 Å². The third-order valence-electron chi connectivity index (χ3n) is 3.73. The number of anilines is 1. The van der Waals surface area contributed by atoms with E-state index in [1.54, 1.807) is 18.2 Å². The molecule has 3 aromatic rings. The number of fused-ring (bicyclic) bond motifs is 1. The maximum Gasteiger partial charge on any atom is 0.335 e. The van der Waals surface area contributed by atoms with Crippen molar-refractivity contribution in [1.82, 2.24) is 5.32 Å². The van der Waals surface area contributed by atoms with E-state index >= 15 is 0 Å². The Kier molecular flexibility index (Phi) is 5.29. The molecule has 0 unspecified atom stereocenters. The Labute approximate surface area is 163 Å². The zero-order valence-electron chi connectivity index (χ0n) is 13.3. The van der Waals surface area contributed by atoms with Crippen LogP contribution in [0.5, 0.6) is 0 Å². The van der Waals surface area contributed by atoms with Crippen molar-refractivity contribution in [2.45, 2.75) is 0 Å². The van der Waals surface area contributed by atoms with E-state index in [9.17, 15) is 9.59 Å². The van der Waals surface area contributed by atoms with Crippen LogP contribution in [0, 0.1) is 0 Å². The molecule has 1 amide bonds. The summed E-state index contributed by atoms with van der Waals surface area (Å²) < 4.78 is 0.906. The molecule has 0 aromatic heterocycles. The van der Waals surface area contributed by atoms with Gasteiger partial charge in [0.25, 0.3) is 5.91 Å². The molecular formula is C19H13BrN2O3S. The first-order chi connectivity index (χ1) is 12.5. The number of carboxylic acid groups (broad SMARTS) is 1. The van der Waals surface area contributed by atoms with E-state index in [-0.39, 0.29) is 16.6 Å². The summed E-state index contributed by atoms with van der Waals surface area (Å²) in [7, 11) is 0. The molecule has 0 saturated carbocycles. The van der Waals surface area contributed by atoms with Gasteiger partial charge in [0.2, 0.25) is 0 Å². The number of carbonyl (C=O) groups is 2. The standard InChI is InChI=1S/C19H13BrN2O3S/c20-16-6-2-3-13-14(16)4-1-5-15(13)17(23)22-19(26)21-12-9-7-11(8-10-12)18(24)25/h1-10H,(H,24,25)(H2,21,22,23,26). The highest BCUT2D eigenvalue weighted by molar-refractivity contribution is 9.10. The quantitative estimate of drug-likeness (QED) is 0.537. The Balaban J connectivity index is 1.75. The van der Waals surface area contributed by atoms with Gasteiger partial charge in [-0.2, -0.15) is 0 Å². The zero-order chi connectivity index (χ0) is 18.7. The van der Waals surface area contributed by atoms with Crippen LogP contribution in [0.3, 0.4) is 0 Å². The lowest BCUT2D eigenvalue weighted by molar-refractivity contribution is 0.0696. The Morgan fingerprint density at radius 2 is 1.58 bits per heavy atom. The molecular weight excluding hydrogens is 416 g/mol. The molecule has 0 saturated heterocycles. The molecule has 0 bridgehead atoms. The fourth-order valence-corrected chi connectivity index (χ4v) is 3.21. The molecule has 0 aliphatic rings. The normalized spacial score (nSPS) is 10.3. The van der Waals surface area contributed by atoms with Crippen LogP contribution in [0.4, 0.5) is 5.69 Å². The number of halogens is 1. The minimum Gasteiger partial charge on any atom is -0.478 e. The molecule has 0 atom stereocenters. The molecule has 3 rings (SSSR count). The molecule has 5 nitrogen and oxygen atoms in total. The van der Waals surface area contributed by atoms with E-state index in [1.165, 1.54) is 12.1 Å². The molecule has 3 N–H and O–H groups in total. The van der Waals surface area contributed by atoms with Gasteiger partial charge in [-0.1, -0.05) is 40.2 Å². The van der Waals surface area contributed by atoms with Crippen molar-refractivity contribution in [3.05, 3.63) is 76.3 Å². The Morgan fingerprint density at radius 3 is 2.27 bits per heavy atom. The third kappa shape index (κ3) is 3.89. The van der Waals surface area contributed by atoms with Crippen molar-refractivity contribution in [3.8, 4) is 0 Å². The molecule has 0 aliphatic carbocycles. The SMILES string of the molecule is O=C(O)c1ccc(NC(=S)NC(=O)c2cccc3c(Br)cccc23)cc1. The highest BCUT2D eigenvalue weighted by Gasteiger charge is 2.12. The number of nitrogens with one attached hydrogen (secondary N) is 2. The number of carbonyl (C=O) groups excluding carboxylic acids is 1. The smallest absolute Gasteiger partial charge is 0.335 e. The monoisotopic (exact) mass is 428 g/mol. The molecule has 0 radical (unpaired) electrons. The first kappa shape index (κ1) is 18.0. The second-order valence-corrected chi connectivity index (χ2v) is 6.69. The van der Waals surface area contributed by atoms with Crippen LogP contribution in [-0.2, 0) is 0 Å². The highest BCUT2D eigenvalue weighted by Crippen LogP contribution is 2.26. The molecule has 0 aliphatic heterocycles. The molecule has 0 heterocycles. The molecule has 26 heavy (non-hydrogen) atoms. The molecule has 7 heteroatoms. The maximum atomic E-state index is 12.6. The average Bonchev–Trinajstić information content (AvgIpc) is 2.62. The summed E-state index contributed by atoms with van der Waals surface area (Å²) in [6.07, 6.45) is 0. The van der Waals surface area contributed by atoms with E-state index < -0.39 is 5.97 Å². The van der Waals surface area contributed by atoms with Gasteiger partial charge in [-0.15, -0.1) is 0 Å². The number of rotatable bonds is 3. The van der Waals surface area contributed by atoms with Gasteiger partial charge in [0.15, 0.2) is 5.11 Å². The number of carboxylic acids is 1. The van der Waals surface area contributed by atoms with E-state index in [4.69, 9.17) is 17.3 Å². The van der Waals surface area contributed by atoms with Gasteiger partial charge in [-0.05, 0) is 59.4 Å². The Morgan fingerprint density at radius 1 is 0.923 bits per heavy atom. The third-order valence-corrected chi connectivity index (χ3v) is 4.63. The second-order valence-electron chi connectivity index (χ2n) is 5.43. The largest absolute Gasteiger partial charge is 0.478 e. The van der Waals surface area contributed by atoms with Crippen LogP contribution < -0.4 is 10.6 Å². The van der Waals surface area contributed by atoms with Crippen LogP contribution in [0.25, 0.3) is 10.8 Å². The first-order valence-corrected chi connectivity index (χ1v) is 8.79. The maximum absolute atomic E-state index is 12.6. The lowest BCUT2D eigenvalue weighted by Gasteiger charge is -2.11. The van der Waals surface area contributed by atoms with Gasteiger partial charge in [0.05, 0.1) is 5.56 Å². The van der Waals surface area contributed by atoms with Gasteiger partial charge < -0.3 is 10.4 Å². The van der Waals surface area contributed by atoms with Crippen LogP contribution in [0.2, 0.25) is 0 Å². The summed E-state index contributed by atoms with van der Waals surface area (Å²) >= 11 is 8.66. The number of thiocarbonyl (C=S) groups is 1. The van der Waals surface area contributed by atoms with E-state index in [1.807, 2.05) is 30.3 Å². The molecule has 0 fully saturated rings. The van der Waals surface area contributed by atoms with E-state index in [2.05, 4.69) is 26.6 Å². The summed E-state index contributed by atoms with van der Waals surface area (Å²) in [5.41, 5.74) is 1.27. The zero-order valence-corrected chi connectivity index (χ0v) is 15.7. The number of benzene rings is 3. The van der Waals surface area contributed by atoms with Crippen LogP contribution >= 0.6 is 28.1 Å². The second kappa shape index (κ2) is 7.63. The summed E-state index contributed by atoms with van der Waals surface area (Å²) in [5.74, 6) is -1.33. The number of aromatic carboxylic acids is 1. The number of hydrogen-bond acceptors (Lipinski definition) is 3. The summed E-state index contributed by atoms with van der Waals surface area (Å²) in [6, 6.07) is 17.2. The van der Waals surface area contributed by atoms with Gasteiger partial charge >= 0.3 is 5.97 Å². The number of hydrogen-bond donors (Lipinski definition) is 3. The Hall–Kier alpha value is -2.77. The number of amides is 1. The van der Waals surface area contributed by atoms with Gasteiger partial charge in [-0.25, -0.2) is 4.79 Å². The van der Waals surface area contributed by atoms with Gasteiger partial charge in [-0.3, -0.25) is 10.1 Å². The van der Waals surface area contributed by atoms with Crippen LogP contribution in [0.15, 0.2) is 65.1 Å². The fraction of sp³-hybridized carbons (Fsp3) is 0. The minimum atomic E-state index is -1.01. The Bertz CT molecular complexity index is 1020. The highest BCUT2D eigenvalue weighted by atomic mass is 79.9. The van der Waals surface area contributed by atoms with Crippen molar-refractivity contribution in [2.24, 2.45) is 0 Å². The van der Waals surface area contributed by atoms with Gasteiger partial charge in [0, 0.05) is 15.7 Å². The fourth-order valence-electron chi connectivity index (χ4n) is 2.50. The molecule has 3 aromatic carbocycles. The van der Waals surface area contributed by atoms with Crippen molar-refractivity contribution in [1.29, 1.82) is 0 Å². The van der Waals surface area contributed by atoms with E-state index in [0.29, 0.717) is 11.3 Å². The molecule has 130 valence electrons. The van der Waals surface area contributed by atoms with E-state index in [0.717, 1.165) is 15.2 Å². The summed E-state index contributed by atoms with van der Waals surface area (Å²) in [6.45, 7) is 0. The topological polar surface area (TPSA) is 78.4 Å². The lowest BCUT2D eigenvalue weighted by Crippen LogP contribution is -2.34.